The lowest BCUT2D eigenvalue weighted by molar-refractivity contribution is 0.0529. The zero-order valence-electron chi connectivity index (χ0n) is 17.7. The van der Waals surface area contributed by atoms with Gasteiger partial charge >= 0.3 is 0 Å². The Balaban J connectivity index is 1.62. The SMILES string of the molecule is CCNC(=NCc1ccc(N2CCOC(C)C2)nc1)N1CCSC(C(C)C)C1. The molecule has 6 nitrogen and oxygen atoms in total. The van der Waals surface area contributed by atoms with Gasteiger partial charge in [0.15, 0.2) is 5.96 Å². The number of pyridine rings is 1. The lowest BCUT2D eigenvalue weighted by Gasteiger charge is -2.36. The molecule has 0 spiro atoms. The van der Waals surface area contributed by atoms with Crippen LogP contribution in [0, 0.1) is 5.92 Å². The molecule has 2 fully saturated rings. The van der Waals surface area contributed by atoms with Gasteiger partial charge in [-0.05, 0) is 31.4 Å². The summed E-state index contributed by atoms with van der Waals surface area (Å²) in [6, 6.07) is 4.26. The number of morpholine rings is 1. The first-order chi connectivity index (χ1) is 13.6. The van der Waals surface area contributed by atoms with E-state index in [-0.39, 0.29) is 6.10 Å². The molecule has 156 valence electrons. The van der Waals surface area contributed by atoms with Gasteiger partial charge in [0.05, 0.1) is 19.3 Å². The highest BCUT2D eigenvalue weighted by Crippen LogP contribution is 2.25. The van der Waals surface area contributed by atoms with E-state index in [1.54, 1.807) is 0 Å². The second-order valence-electron chi connectivity index (χ2n) is 7.92. The van der Waals surface area contributed by atoms with Gasteiger partial charge in [-0.1, -0.05) is 19.9 Å². The van der Waals surface area contributed by atoms with E-state index in [1.807, 2.05) is 6.20 Å². The van der Waals surface area contributed by atoms with Crippen LogP contribution in [0.1, 0.15) is 33.3 Å². The minimum atomic E-state index is 0.264. The molecule has 0 radical (unpaired) electrons. The zero-order valence-corrected chi connectivity index (χ0v) is 18.5. The van der Waals surface area contributed by atoms with E-state index in [1.165, 1.54) is 5.75 Å². The number of nitrogens with zero attached hydrogens (tertiary/aromatic N) is 4. The van der Waals surface area contributed by atoms with Crippen LogP contribution < -0.4 is 10.2 Å². The fourth-order valence-electron chi connectivity index (χ4n) is 3.59. The number of guanidine groups is 1. The molecule has 3 heterocycles. The first kappa shape index (κ1) is 21.2. The Labute approximate surface area is 174 Å². The van der Waals surface area contributed by atoms with E-state index in [2.05, 4.69) is 71.7 Å². The van der Waals surface area contributed by atoms with Crippen LogP contribution >= 0.6 is 11.8 Å². The number of hydrogen-bond donors (Lipinski definition) is 1. The molecular weight excluding hydrogens is 370 g/mol. The summed E-state index contributed by atoms with van der Waals surface area (Å²) in [4.78, 5) is 14.3. The van der Waals surface area contributed by atoms with Crippen molar-refractivity contribution in [1.82, 2.24) is 15.2 Å². The van der Waals surface area contributed by atoms with E-state index >= 15 is 0 Å². The van der Waals surface area contributed by atoms with Crippen LogP contribution in [0.2, 0.25) is 0 Å². The van der Waals surface area contributed by atoms with Crippen molar-refractivity contribution in [3.63, 3.8) is 0 Å². The highest BCUT2D eigenvalue weighted by atomic mass is 32.2. The Hall–Kier alpha value is -1.47. The lowest BCUT2D eigenvalue weighted by atomic mass is 10.1. The first-order valence-electron chi connectivity index (χ1n) is 10.5. The molecule has 3 rings (SSSR count). The van der Waals surface area contributed by atoms with Gasteiger partial charge in [-0.15, -0.1) is 0 Å². The lowest BCUT2D eigenvalue weighted by Crippen LogP contribution is -2.49. The maximum absolute atomic E-state index is 5.62. The summed E-state index contributed by atoms with van der Waals surface area (Å²) in [6.45, 7) is 15.1. The Morgan fingerprint density at radius 2 is 2.21 bits per heavy atom. The van der Waals surface area contributed by atoms with Gasteiger partial charge in [0.1, 0.15) is 5.82 Å². The summed E-state index contributed by atoms with van der Waals surface area (Å²) >= 11 is 2.09. The number of anilines is 1. The predicted molar refractivity (Wildman–Crippen MR) is 119 cm³/mol. The average molecular weight is 406 g/mol. The van der Waals surface area contributed by atoms with Gasteiger partial charge in [0, 0.05) is 49.9 Å². The molecule has 2 unspecified atom stereocenters. The van der Waals surface area contributed by atoms with E-state index in [4.69, 9.17) is 9.73 Å². The first-order valence-corrected chi connectivity index (χ1v) is 11.6. The summed E-state index contributed by atoms with van der Waals surface area (Å²) in [5.41, 5.74) is 1.15. The van der Waals surface area contributed by atoms with Crippen molar-refractivity contribution >= 4 is 23.5 Å². The predicted octanol–water partition coefficient (Wildman–Crippen LogP) is 2.85. The van der Waals surface area contributed by atoms with E-state index in [0.717, 1.165) is 56.7 Å². The maximum atomic E-state index is 5.62. The molecule has 1 aromatic rings. The van der Waals surface area contributed by atoms with E-state index in [0.29, 0.717) is 17.7 Å². The summed E-state index contributed by atoms with van der Waals surface area (Å²) < 4.78 is 5.62. The van der Waals surface area contributed by atoms with Crippen molar-refractivity contribution in [2.24, 2.45) is 10.9 Å². The number of nitrogens with one attached hydrogen (secondary N) is 1. The number of thioether (sulfide) groups is 1. The number of aliphatic imine (C=N–C) groups is 1. The van der Waals surface area contributed by atoms with Gasteiger partial charge in [0.25, 0.3) is 0 Å². The molecule has 2 aliphatic heterocycles. The molecule has 0 aliphatic carbocycles. The second kappa shape index (κ2) is 10.3. The Kier molecular flexibility index (Phi) is 7.85. The van der Waals surface area contributed by atoms with Crippen LogP contribution in [0.3, 0.4) is 0 Å². The fraction of sp³-hybridized carbons (Fsp3) is 0.714. The van der Waals surface area contributed by atoms with Gasteiger partial charge in [-0.3, -0.25) is 0 Å². The smallest absolute Gasteiger partial charge is 0.194 e. The molecule has 0 aromatic carbocycles. The quantitative estimate of drug-likeness (QED) is 0.601. The summed E-state index contributed by atoms with van der Waals surface area (Å²) in [5, 5.41) is 4.15. The largest absolute Gasteiger partial charge is 0.375 e. The molecule has 1 N–H and O–H groups in total. The number of aromatic nitrogens is 1. The van der Waals surface area contributed by atoms with Crippen LogP contribution in [0.25, 0.3) is 0 Å². The van der Waals surface area contributed by atoms with Gasteiger partial charge in [0.2, 0.25) is 0 Å². The van der Waals surface area contributed by atoms with Crippen molar-refractivity contribution < 1.29 is 4.74 Å². The van der Waals surface area contributed by atoms with Crippen LogP contribution in [0.4, 0.5) is 5.82 Å². The number of hydrogen-bond acceptors (Lipinski definition) is 5. The average Bonchev–Trinajstić information content (AvgIpc) is 2.71. The normalized spacial score (nSPS) is 24.0. The van der Waals surface area contributed by atoms with Crippen LogP contribution in [0.5, 0.6) is 0 Å². The van der Waals surface area contributed by atoms with Crippen LogP contribution in [-0.2, 0) is 11.3 Å². The Morgan fingerprint density at radius 1 is 1.36 bits per heavy atom. The third-order valence-electron chi connectivity index (χ3n) is 5.26. The van der Waals surface area contributed by atoms with E-state index < -0.39 is 0 Å². The van der Waals surface area contributed by atoms with Gasteiger partial charge < -0.3 is 19.9 Å². The molecule has 2 aliphatic rings. The molecule has 0 saturated carbocycles. The van der Waals surface area contributed by atoms with Crippen molar-refractivity contribution in [3.8, 4) is 0 Å². The maximum Gasteiger partial charge on any atom is 0.194 e. The van der Waals surface area contributed by atoms with Gasteiger partial charge in [-0.25, -0.2) is 9.98 Å². The minimum absolute atomic E-state index is 0.264. The number of rotatable bonds is 5. The number of ether oxygens (including phenoxy) is 1. The molecule has 7 heteroatoms. The topological polar surface area (TPSA) is 53.0 Å². The van der Waals surface area contributed by atoms with Crippen molar-refractivity contribution in [2.45, 2.75) is 45.6 Å². The zero-order chi connectivity index (χ0) is 19.9. The van der Waals surface area contributed by atoms with Crippen molar-refractivity contribution in [2.75, 3.05) is 50.0 Å². The molecule has 1 aromatic heterocycles. The highest BCUT2D eigenvalue weighted by Gasteiger charge is 2.25. The molecule has 28 heavy (non-hydrogen) atoms. The molecule has 2 saturated heterocycles. The molecule has 0 amide bonds. The molecule has 0 bridgehead atoms. The fourth-order valence-corrected chi connectivity index (χ4v) is 4.89. The Bertz CT molecular complexity index is 636. The Morgan fingerprint density at radius 3 is 2.89 bits per heavy atom. The van der Waals surface area contributed by atoms with Crippen LogP contribution in [0.15, 0.2) is 23.3 Å². The monoisotopic (exact) mass is 405 g/mol. The van der Waals surface area contributed by atoms with Crippen molar-refractivity contribution in [3.05, 3.63) is 23.9 Å². The van der Waals surface area contributed by atoms with Gasteiger partial charge in [-0.2, -0.15) is 11.8 Å². The highest BCUT2D eigenvalue weighted by molar-refractivity contribution is 8.00. The minimum Gasteiger partial charge on any atom is -0.375 e. The second-order valence-corrected chi connectivity index (χ2v) is 9.27. The summed E-state index contributed by atoms with van der Waals surface area (Å²) in [7, 11) is 0. The standard InChI is InChI=1S/C21H35N5OS/c1-5-22-21(26-9-11-28-19(15-26)16(2)3)24-13-18-6-7-20(23-12-18)25-8-10-27-17(4)14-25/h6-7,12,16-17,19H,5,8-11,13-15H2,1-4H3,(H,22,24). The van der Waals surface area contributed by atoms with E-state index in [9.17, 15) is 0 Å². The molecule has 2 atom stereocenters. The van der Waals surface area contributed by atoms with Crippen LogP contribution in [-0.4, -0.2) is 72.3 Å². The molecular formula is C21H35N5OS. The summed E-state index contributed by atoms with van der Waals surface area (Å²) in [5.74, 6) is 3.92. The third-order valence-corrected chi connectivity index (χ3v) is 6.80. The summed E-state index contributed by atoms with van der Waals surface area (Å²) in [6.07, 6.45) is 2.23. The third kappa shape index (κ3) is 5.77. The van der Waals surface area contributed by atoms with Crippen molar-refractivity contribution in [1.29, 1.82) is 0 Å².